The lowest BCUT2D eigenvalue weighted by Gasteiger charge is -2.12. The van der Waals surface area contributed by atoms with E-state index in [0.29, 0.717) is 12.0 Å². The maximum absolute atomic E-state index is 13.1. The molecule has 2 aromatic carbocycles. The Morgan fingerprint density at radius 1 is 0.950 bits per heavy atom. The van der Waals surface area contributed by atoms with Crippen molar-refractivity contribution in [2.24, 2.45) is 5.92 Å². The molecule has 0 bridgehead atoms. The number of hydrogen-bond donors (Lipinski definition) is 1. The molecule has 0 saturated heterocycles. The lowest BCUT2D eigenvalue weighted by atomic mass is 9.92. The summed E-state index contributed by atoms with van der Waals surface area (Å²) in [6.07, 6.45) is 0.424. The van der Waals surface area contributed by atoms with Gasteiger partial charge in [0.05, 0.1) is 5.92 Å². The molecule has 4 heteroatoms. The molecule has 0 amide bonds. The number of carbonyl (C=O) groups is 1. The number of halogens is 2. The highest BCUT2D eigenvalue weighted by atomic mass is 19.1. The predicted octanol–water partition coefficient (Wildman–Crippen LogP) is 3.45. The van der Waals surface area contributed by atoms with Gasteiger partial charge >= 0.3 is 5.97 Å². The molecular weight excluding hydrogens is 262 g/mol. The number of rotatable bonds is 5. The van der Waals surface area contributed by atoms with E-state index in [1.165, 1.54) is 12.1 Å². The molecule has 0 aliphatic carbocycles. The number of benzene rings is 2. The van der Waals surface area contributed by atoms with Crippen LogP contribution in [0.5, 0.6) is 0 Å². The van der Waals surface area contributed by atoms with E-state index in [0.717, 1.165) is 11.6 Å². The highest BCUT2D eigenvalue weighted by Gasteiger charge is 2.19. The molecule has 1 N–H and O–H groups in total. The van der Waals surface area contributed by atoms with E-state index in [4.69, 9.17) is 0 Å². The summed E-state index contributed by atoms with van der Waals surface area (Å²) in [4.78, 5) is 11.3. The molecule has 2 nitrogen and oxygen atoms in total. The first kappa shape index (κ1) is 14.2. The fraction of sp³-hybridized carbons (Fsp3) is 0.188. The van der Waals surface area contributed by atoms with Crippen LogP contribution in [-0.2, 0) is 17.6 Å². The molecule has 0 saturated carbocycles. The van der Waals surface area contributed by atoms with Crippen molar-refractivity contribution in [3.05, 3.63) is 71.3 Å². The predicted molar refractivity (Wildman–Crippen MR) is 71.3 cm³/mol. The van der Waals surface area contributed by atoms with Gasteiger partial charge in [0.15, 0.2) is 0 Å². The summed E-state index contributed by atoms with van der Waals surface area (Å²) in [6, 6.07) is 12.3. The van der Waals surface area contributed by atoms with Crippen LogP contribution in [0.1, 0.15) is 11.1 Å². The minimum atomic E-state index is -0.974. The minimum Gasteiger partial charge on any atom is -0.481 e. The second-order valence-corrected chi connectivity index (χ2v) is 4.71. The smallest absolute Gasteiger partial charge is 0.307 e. The van der Waals surface area contributed by atoms with Gasteiger partial charge < -0.3 is 5.11 Å². The summed E-state index contributed by atoms with van der Waals surface area (Å²) >= 11 is 0. The van der Waals surface area contributed by atoms with Crippen molar-refractivity contribution in [3.63, 3.8) is 0 Å². The summed E-state index contributed by atoms with van der Waals surface area (Å²) in [7, 11) is 0. The Labute approximate surface area is 115 Å². The van der Waals surface area contributed by atoms with Gasteiger partial charge in [-0.2, -0.15) is 0 Å². The van der Waals surface area contributed by atoms with Crippen molar-refractivity contribution in [1.29, 1.82) is 0 Å². The van der Waals surface area contributed by atoms with Gasteiger partial charge in [-0.3, -0.25) is 4.79 Å². The largest absolute Gasteiger partial charge is 0.481 e. The highest BCUT2D eigenvalue weighted by Crippen LogP contribution is 2.17. The average molecular weight is 276 g/mol. The summed E-state index contributed by atoms with van der Waals surface area (Å²) in [5.74, 6) is -3.06. The zero-order chi connectivity index (χ0) is 14.5. The van der Waals surface area contributed by atoms with E-state index >= 15 is 0 Å². The van der Waals surface area contributed by atoms with Gasteiger partial charge in [-0.1, -0.05) is 30.3 Å². The van der Waals surface area contributed by atoms with Gasteiger partial charge in [0.25, 0.3) is 0 Å². The fourth-order valence-corrected chi connectivity index (χ4v) is 2.16. The standard InChI is InChI=1S/C16H14F2O2/c17-14-8-12(9-15(18)10-14)7-13(16(19)20)6-11-4-2-1-3-5-11/h1-5,8-10,13H,6-7H2,(H,19,20). The molecule has 2 aromatic rings. The molecule has 1 atom stereocenters. The molecule has 20 heavy (non-hydrogen) atoms. The van der Waals surface area contributed by atoms with Crippen molar-refractivity contribution in [2.45, 2.75) is 12.8 Å². The SMILES string of the molecule is O=C(O)C(Cc1ccccc1)Cc1cc(F)cc(F)c1. The third kappa shape index (κ3) is 3.88. The highest BCUT2D eigenvalue weighted by molar-refractivity contribution is 5.70. The van der Waals surface area contributed by atoms with Crippen LogP contribution in [0.4, 0.5) is 8.78 Å². The maximum atomic E-state index is 13.1. The monoisotopic (exact) mass is 276 g/mol. The molecule has 0 spiro atoms. The summed E-state index contributed by atoms with van der Waals surface area (Å²) in [5.41, 5.74) is 1.24. The van der Waals surface area contributed by atoms with Gasteiger partial charge in [0, 0.05) is 6.07 Å². The van der Waals surface area contributed by atoms with E-state index < -0.39 is 23.5 Å². The van der Waals surface area contributed by atoms with Crippen LogP contribution in [0.15, 0.2) is 48.5 Å². The topological polar surface area (TPSA) is 37.3 Å². The van der Waals surface area contributed by atoms with Gasteiger partial charge in [-0.15, -0.1) is 0 Å². The van der Waals surface area contributed by atoms with Gasteiger partial charge in [0.2, 0.25) is 0 Å². The molecule has 0 aliphatic heterocycles. The number of carboxylic acid groups (broad SMARTS) is 1. The first-order valence-electron chi connectivity index (χ1n) is 6.26. The first-order chi connectivity index (χ1) is 9.54. The van der Waals surface area contributed by atoms with Crippen molar-refractivity contribution in [1.82, 2.24) is 0 Å². The van der Waals surface area contributed by atoms with Crippen LogP contribution in [0.25, 0.3) is 0 Å². The Kier molecular flexibility index (Phi) is 4.45. The van der Waals surface area contributed by atoms with Crippen molar-refractivity contribution in [3.8, 4) is 0 Å². The molecule has 0 radical (unpaired) electrons. The van der Waals surface area contributed by atoms with Crippen LogP contribution in [0.3, 0.4) is 0 Å². The van der Waals surface area contributed by atoms with Crippen molar-refractivity contribution >= 4 is 5.97 Å². The van der Waals surface area contributed by atoms with E-state index in [9.17, 15) is 18.7 Å². The Balaban J connectivity index is 2.15. The summed E-state index contributed by atoms with van der Waals surface area (Å²) in [5, 5.41) is 9.25. The Morgan fingerprint density at radius 2 is 1.50 bits per heavy atom. The molecule has 0 aliphatic rings. The number of carboxylic acids is 1. The van der Waals surface area contributed by atoms with E-state index in [2.05, 4.69) is 0 Å². The third-order valence-corrected chi connectivity index (χ3v) is 3.08. The molecule has 0 aromatic heterocycles. The Bertz CT molecular complexity index is 576. The van der Waals surface area contributed by atoms with Crippen molar-refractivity contribution in [2.75, 3.05) is 0 Å². The summed E-state index contributed by atoms with van der Waals surface area (Å²) < 4.78 is 26.2. The summed E-state index contributed by atoms with van der Waals surface area (Å²) in [6.45, 7) is 0. The van der Waals surface area contributed by atoms with Crippen LogP contribution in [0, 0.1) is 17.6 Å². The lowest BCUT2D eigenvalue weighted by Crippen LogP contribution is -2.19. The second-order valence-electron chi connectivity index (χ2n) is 4.71. The van der Waals surface area contributed by atoms with Crippen LogP contribution >= 0.6 is 0 Å². The number of hydrogen-bond acceptors (Lipinski definition) is 1. The van der Waals surface area contributed by atoms with E-state index in [-0.39, 0.29) is 6.42 Å². The zero-order valence-electron chi connectivity index (χ0n) is 10.7. The van der Waals surface area contributed by atoms with Crippen LogP contribution < -0.4 is 0 Å². The Morgan fingerprint density at radius 3 is 2.05 bits per heavy atom. The van der Waals surface area contributed by atoms with Gasteiger partial charge in [-0.05, 0) is 36.1 Å². The molecular formula is C16H14F2O2. The third-order valence-electron chi connectivity index (χ3n) is 3.08. The van der Waals surface area contributed by atoms with Crippen LogP contribution in [-0.4, -0.2) is 11.1 Å². The van der Waals surface area contributed by atoms with E-state index in [1.54, 1.807) is 0 Å². The van der Waals surface area contributed by atoms with Gasteiger partial charge in [0.1, 0.15) is 11.6 Å². The molecule has 1 unspecified atom stereocenters. The van der Waals surface area contributed by atoms with Crippen molar-refractivity contribution < 1.29 is 18.7 Å². The van der Waals surface area contributed by atoms with E-state index in [1.807, 2.05) is 30.3 Å². The maximum Gasteiger partial charge on any atom is 0.307 e. The molecule has 104 valence electrons. The van der Waals surface area contributed by atoms with Crippen LogP contribution in [0.2, 0.25) is 0 Å². The second kappa shape index (κ2) is 6.28. The zero-order valence-corrected chi connectivity index (χ0v) is 10.7. The molecule has 2 rings (SSSR count). The van der Waals surface area contributed by atoms with Gasteiger partial charge in [-0.25, -0.2) is 8.78 Å². The normalized spacial score (nSPS) is 12.1. The lowest BCUT2D eigenvalue weighted by molar-refractivity contribution is -0.141. The minimum absolute atomic E-state index is 0.0961. The first-order valence-corrected chi connectivity index (χ1v) is 6.26. The average Bonchev–Trinajstić information content (AvgIpc) is 2.38. The fourth-order valence-electron chi connectivity index (χ4n) is 2.16. The quantitative estimate of drug-likeness (QED) is 0.908. The molecule has 0 fully saturated rings. The number of aliphatic carboxylic acids is 1. The molecule has 0 heterocycles. The Hall–Kier alpha value is -2.23.